The molecule has 32 heavy (non-hydrogen) atoms. The quantitative estimate of drug-likeness (QED) is 0.396. The number of carboxylic acids is 1. The molecule has 0 radical (unpaired) electrons. The van der Waals surface area contributed by atoms with Gasteiger partial charge in [-0.2, -0.15) is 4.98 Å². The van der Waals surface area contributed by atoms with Crippen molar-refractivity contribution in [1.29, 1.82) is 0 Å². The molecule has 0 amide bonds. The molecular weight excluding hydrogens is 422 g/mol. The molecule has 0 aliphatic carbocycles. The van der Waals surface area contributed by atoms with E-state index in [9.17, 15) is 14.0 Å². The maximum absolute atomic E-state index is 15.1. The fourth-order valence-corrected chi connectivity index (χ4v) is 3.54. The lowest BCUT2D eigenvalue weighted by Gasteiger charge is -2.18. The van der Waals surface area contributed by atoms with E-state index in [-0.39, 0.29) is 23.3 Å². The summed E-state index contributed by atoms with van der Waals surface area (Å²) in [5.41, 5.74) is 0.362. The van der Waals surface area contributed by atoms with Crippen LogP contribution in [0, 0.1) is 11.6 Å². The maximum atomic E-state index is 15.1. The van der Waals surface area contributed by atoms with Crippen LogP contribution in [-0.2, 0) is 13.1 Å². The molecule has 0 saturated heterocycles. The second-order valence-electron chi connectivity index (χ2n) is 7.09. The van der Waals surface area contributed by atoms with Gasteiger partial charge >= 0.3 is 11.7 Å². The number of carbonyl (C=O) groups is 1. The third-order valence-electron chi connectivity index (χ3n) is 5.10. The summed E-state index contributed by atoms with van der Waals surface area (Å²) >= 11 is 0. The molecule has 11 heteroatoms. The standard InChI is InChI=1S/C21H20F2N6O3/c1-2-29-19-16-15(26-10-27-19)8-12(17(23)18(16)28-21(29)32)9-24-5-6-25-14-4-3-11(20(30)31)7-13(14)22/h3-4,7-8,10,24-25H,2,5-6,9H2,1H3,(H,26,27)(H,30,31). The second kappa shape index (κ2) is 8.71. The van der Waals surface area contributed by atoms with Gasteiger partial charge in [-0.25, -0.2) is 23.4 Å². The van der Waals surface area contributed by atoms with Crippen LogP contribution in [0.25, 0.3) is 10.9 Å². The van der Waals surface area contributed by atoms with Crippen molar-refractivity contribution in [1.82, 2.24) is 14.9 Å². The predicted octanol–water partition coefficient (Wildman–Crippen LogP) is 2.68. The van der Waals surface area contributed by atoms with Gasteiger partial charge < -0.3 is 21.1 Å². The first-order valence-electron chi connectivity index (χ1n) is 9.93. The van der Waals surface area contributed by atoms with E-state index in [2.05, 4.69) is 25.9 Å². The van der Waals surface area contributed by atoms with Crippen molar-refractivity contribution in [2.75, 3.05) is 23.7 Å². The normalized spacial score (nSPS) is 12.1. The Morgan fingerprint density at radius 2 is 2.06 bits per heavy atom. The summed E-state index contributed by atoms with van der Waals surface area (Å²) in [6.07, 6.45) is 1.45. The molecule has 0 unspecified atom stereocenters. The number of aromatic nitrogens is 2. The largest absolute Gasteiger partial charge is 0.478 e. The number of nitrogens with one attached hydrogen (secondary N) is 3. The van der Waals surface area contributed by atoms with E-state index in [0.29, 0.717) is 42.1 Å². The smallest absolute Gasteiger partial charge is 0.349 e. The van der Waals surface area contributed by atoms with Gasteiger partial charge in [-0.3, -0.25) is 4.57 Å². The lowest BCUT2D eigenvalue weighted by Crippen LogP contribution is -2.25. The van der Waals surface area contributed by atoms with Crippen LogP contribution in [0.15, 0.2) is 34.1 Å². The zero-order chi connectivity index (χ0) is 22.8. The van der Waals surface area contributed by atoms with E-state index in [1.165, 1.54) is 23.0 Å². The zero-order valence-electron chi connectivity index (χ0n) is 17.1. The van der Waals surface area contributed by atoms with E-state index >= 15 is 4.39 Å². The lowest BCUT2D eigenvalue weighted by molar-refractivity contribution is 0.0696. The summed E-state index contributed by atoms with van der Waals surface area (Å²) < 4.78 is 30.4. The Bertz CT molecular complexity index is 1310. The number of anilines is 2. The van der Waals surface area contributed by atoms with Crippen LogP contribution < -0.4 is 21.6 Å². The first kappa shape index (κ1) is 21.4. The molecule has 2 aromatic carbocycles. The molecule has 1 aliphatic heterocycles. The van der Waals surface area contributed by atoms with Crippen molar-refractivity contribution < 1.29 is 18.7 Å². The summed E-state index contributed by atoms with van der Waals surface area (Å²) in [6.45, 7) is 3.00. The SMILES string of the molecule is CCn1c2c3c(cc(CNCCNc4ccc(C(=O)O)cc4F)c(F)c3nc1=O)NC=N2. The van der Waals surface area contributed by atoms with Crippen molar-refractivity contribution in [3.63, 3.8) is 0 Å². The number of hydrogen-bond donors (Lipinski definition) is 4. The lowest BCUT2D eigenvalue weighted by atomic mass is 10.1. The van der Waals surface area contributed by atoms with Crippen LogP contribution in [0.2, 0.25) is 0 Å². The molecule has 166 valence electrons. The monoisotopic (exact) mass is 442 g/mol. The number of aliphatic imine (C=N–C) groups is 1. The van der Waals surface area contributed by atoms with Gasteiger partial charge in [0.1, 0.15) is 17.2 Å². The van der Waals surface area contributed by atoms with E-state index in [4.69, 9.17) is 5.11 Å². The minimum atomic E-state index is -1.20. The fraction of sp³-hybridized carbons (Fsp3) is 0.238. The highest BCUT2D eigenvalue weighted by Gasteiger charge is 2.21. The molecule has 3 aromatic rings. The number of carboxylic acid groups (broad SMARTS) is 1. The molecule has 2 heterocycles. The van der Waals surface area contributed by atoms with Crippen molar-refractivity contribution in [2.24, 2.45) is 4.99 Å². The van der Waals surface area contributed by atoms with Crippen molar-refractivity contribution in [3.8, 4) is 0 Å². The molecule has 1 aliphatic rings. The minimum absolute atomic E-state index is 0.0351. The van der Waals surface area contributed by atoms with Crippen LogP contribution in [0.3, 0.4) is 0 Å². The topological polar surface area (TPSA) is 121 Å². The molecule has 0 spiro atoms. The first-order chi connectivity index (χ1) is 15.4. The molecule has 1 aromatic heterocycles. The van der Waals surface area contributed by atoms with Crippen LogP contribution in [0.1, 0.15) is 22.8 Å². The van der Waals surface area contributed by atoms with Gasteiger partial charge in [-0.15, -0.1) is 0 Å². The molecule has 4 N–H and O–H groups in total. The predicted molar refractivity (Wildman–Crippen MR) is 117 cm³/mol. The van der Waals surface area contributed by atoms with Crippen LogP contribution in [0.5, 0.6) is 0 Å². The highest BCUT2D eigenvalue weighted by molar-refractivity contribution is 6.06. The number of rotatable bonds is 8. The average molecular weight is 442 g/mol. The summed E-state index contributed by atoms with van der Waals surface area (Å²) in [4.78, 5) is 31.2. The average Bonchev–Trinajstić information content (AvgIpc) is 2.77. The Balaban J connectivity index is 1.45. The van der Waals surface area contributed by atoms with Gasteiger partial charge in [-0.05, 0) is 31.2 Å². The highest BCUT2D eigenvalue weighted by atomic mass is 19.1. The number of benzene rings is 2. The summed E-state index contributed by atoms with van der Waals surface area (Å²) in [5, 5.41) is 18.2. The third-order valence-corrected chi connectivity index (χ3v) is 5.10. The first-order valence-corrected chi connectivity index (χ1v) is 9.93. The number of hydrogen-bond acceptors (Lipinski definition) is 7. The summed E-state index contributed by atoms with van der Waals surface area (Å²) in [7, 11) is 0. The zero-order valence-corrected chi connectivity index (χ0v) is 17.1. The van der Waals surface area contributed by atoms with Crippen LogP contribution >= 0.6 is 0 Å². The molecular formula is C21H20F2N6O3. The number of halogens is 2. The van der Waals surface area contributed by atoms with Crippen LogP contribution in [-0.4, -0.2) is 40.1 Å². The van der Waals surface area contributed by atoms with Gasteiger partial charge in [0.25, 0.3) is 0 Å². The Morgan fingerprint density at radius 1 is 1.25 bits per heavy atom. The third kappa shape index (κ3) is 3.89. The van der Waals surface area contributed by atoms with E-state index < -0.39 is 23.3 Å². The van der Waals surface area contributed by atoms with Crippen LogP contribution in [0.4, 0.5) is 26.0 Å². The molecule has 0 fully saturated rings. The summed E-state index contributed by atoms with van der Waals surface area (Å²) in [6, 6.07) is 5.24. The number of nitrogens with zero attached hydrogens (tertiary/aromatic N) is 3. The van der Waals surface area contributed by atoms with Gasteiger partial charge in [0, 0.05) is 31.7 Å². The van der Waals surface area contributed by atoms with Crippen molar-refractivity contribution in [3.05, 3.63) is 57.5 Å². The Morgan fingerprint density at radius 3 is 2.78 bits per heavy atom. The van der Waals surface area contributed by atoms with E-state index in [0.717, 1.165) is 6.07 Å². The van der Waals surface area contributed by atoms with Gasteiger partial charge in [0.05, 0.1) is 28.7 Å². The highest BCUT2D eigenvalue weighted by Crippen LogP contribution is 2.35. The van der Waals surface area contributed by atoms with E-state index in [1.54, 1.807) is 13.0 Å². The van der Waals surface area contributed by atoms with Gasteiger partial charge in [-0.1, -0.05) is 0 Å². The second-order valence-corrected chi connectivity index (χ2v) is 7.09. The molecule has 0 atom stereocenters. The van der Waals surface area contributed by atoms with Gasteiger partial charge in [0.2, 0.25) is 0 Å². The Labute approximate surface area is 180 Å². The fourth-order valence-electron chi connectivity index (χ4n) is 3.54. The van der Waals surface area contributed by atoms with E-state index in [1.807, 2.05) is 0 Å². The molecule has 9 nitrogen and oxygen atoms in total. The Kier molecular flexibility index (Phi) is 5.82. The van der Waals surface area contributed by atoms with Crippen molar-refractivity contribution in [2.45, 2.75) is 20.0 Å². The Hall–Kier alpha value is -3.86. The molecule has 0 saturated carbocycles. The molecule has 0 bridgehead atoms. The number of aromatic carboxylic acids is 1. The minimum Gasteiger partial charge on any atom is -0.478 e. The molecule has 4 rings (SSSR count). The maximum Gasteiger partial charge on any atom is 0.349 e. The van der Waals surface area contributed by atoms with Gasteiger partial charge in [0.15, 0.2) is 5.82 Å². The summed E-state index contributed by atoms with van der Waals surface area (Å²) in [5.74, 6) is -2.10. The van der Waals surface area contributed by atoms with Crippen molar-refractivity contribution >= 4 is 40.4 Å².